The van der Waals surface area contributed by atoms with E-state index >= 15 is 0 Å². The first kappa shape index (κ1) is 8.55. The fraction of sp³-hybridized carbons (Fsp3) is 0.667. The van der Waals surface area contributed by atoms with Gasteiger partial charge in [-0.25, -0.2) is 4.98 Å². The molecule has 11 heavy (non-hydrogen) atoms. The molecule has 0 bridgehead atoms. The second kappa shape index (κ2) is 4.35. The molecule has 0 unspecified atom stereocenters. The number of thioether (sulfide) groups is 1. The maximum atomic E-state index is 5.34. The Morgan fingerprint density at radius 3 is 3.09 bits per heavy atom. The van der Waals surface area contributed by atoms with Gasteiger partial charge >= 0.3 is 0 Å². The number of aromatic nitrogens is 3. The van der Waals surface area contributed by atoms with Crippen molar-refractivity contribution in [1.82, 2.24) is 15.2 Å². The predicted molar refractivity (Wildman–Crippen MR) is 46.4 cm³/mol. The Bertz CT molecular complexity index is 190. The maximum Gasteiger partial charge on any atom is 0.151 e. The van der Waals surface area contributed by atoms with E-state index in [9.17, 15) is 0 Å². The molecule has 62 valence electrons. The molecule has 0 saturated heterocycles. The van der Waals surface area contributed by atoms with Crippen molar-refractivity contribution in [2.24, 2.45) is 5.73 Å². The van der Waals surface area contributed by atoms with Crippen LogP contribution in [0.1, 0.15) is 11.6 Å². The van der Waals surface area contributed by atoms with Crippen LogP contribution in [0.15, 0.2) is 0 Å². The molecule has 0 aliphatic rings. The van der Waals surface area contributed by atoms with Crippen LogP contribution in [0.5, 0.6) is 0 Å². The van der Waals surface area contributed by atoms with E-state index in [-0.39, 0.29) is 0 Å². The molecule has 1 heterocycles. The minimum absolute atomic E-state index is 0.608. The lowest BCUT2D eigenvalue weighted by Crippen LogP contribution is -2.03. The molecule has 1 aromatic heterocycles. The van der Waals surface area contributed by atoms with Crippen LogP contribution in [0.2, 0.25) is 0 Å². The van der Waals surface area contributed by atoms with Gasteiger partial charge in [-0.2, -0.15) is 16.9 Å². The highest BCUT2D eigenvalue weighted by atomic mass is 32.2. The van der Waals surface area contributed by atoms with Gasteiger partial charge in [0.2, 0.25) is 0 Å². The van der Waals surface area contributed by atoms with E-state index in [1.807, 2.05) is 6.26 Å². The van der Waals surface area contributed by atoms with Crippen LogP contribution in [0.25, 0.3) is 0 Å². The van der Waals surface area contributed by atoms with E-state index in [0.717, 1.165) is 23.8 Å². The molecule has 1 aromatic rings. The van der Waals surface area contributed by atoms with Crippen molar-refractivity contribution in [2.75, 3.05) is 12.8 Å². The van der Waals surface area contributed by atoms with Gasteiger partial charge in [0.15, 0.2) is 5.82 Å². The Morgan fingerprint density at radius 1 is 1.64 bits per heavy atom. The highest BCUT2D eigenvalue weighted by Crippen LogP contribution is 2.02. The molecular formula is C6H12N4S. The quantitative estimate of drug-likeness (QED) is 0.679. The number of hydrogen-bond donors (Lipinski definition) is 2. The number of nitrogens with zero attached hydrogens (tertiary/aromatic N) is 2. The highest BCUT2D eigenvalue weighted by Gasteiger charge is 1.99. The third-order valence-corrected chi connectivity index (χ3v) is 1.79. The van der Waals surface area contributed by atoms with Crippen LogP contribution in [0.3, 0.4) is 0 Å². The molecule has 1 rings (SSSR count). The van der Waals surface area contributed by atoms with Crippen molar-refractivity contribution in [2.45, 2.75) is 12.2 Å². The molecule has 0 aromatic carbocycles. The second-order valence-corrected chi connectivity index (χ2v) is 3.04. The number of H-pyrrole nitrogens is 1. The molecule has 0 spiro atoms. The van der Waals surface area contributed by atoms with E-state index in [0.29, 0.717) is 6.54 Å². The number of nitrogens with two attached hydrogens (primary N) is 1. The summed E-state index contributed by atoms with van der Waals surface area (Å²) in [5, 5.41) is 6.85. The SMILES string of the molecule is CSCc1nc(CCN)n[nH]1. The van der Waals surface area contributed by atoms with Crippen molar-refractivity contribution < 1.29 is 0 Å². The summed E-state index contributed by atoms with van der Waals surface area (Å²) in [7, 11) is 0. The summed E-state index contributed by atoms with van der Waals surface area (Å²) in [5.41, 5.74) is 5.34. The summed E-state index contributed by atoms with van der Waals surface area (Å²) >= 11 is 1.72. The summed E-state index contributed by atoms with van der Waals surface area (Å²) in [6.07, 6.45) is 2.79. The average molecular weight is 172 g/mol. The minimum Gasteiger partial charge on any atom is -0.330 e. The zero-order valence-corrected chi connectivity index (χ0v) is 7.32. The van der Waals surface area contributed by atoms with Gasteiger partial charge in [0, 0.05) is 6.42 Å². The van der Waals surface area contributed by atoms with Gasteiger partial charge in [0.25, 0.3) is 0 Å². The van der Waals surface area contributed by atoms with E-state index in [2.05, 4.69) is 15.2 Å². The lowest BCUT2D eigenvalue weighted by Gasteiger charge is -1.87. The first-order valence-electron chi connectivity index (χ1n) is 3.46. The van der Waals surface area contributed by atoms with Gasteiger partial charge in [-0.3, -0.25) is 5.10 Å². The van der Waals surface area contributed by atoms with Gasteiger partial charge in [-0.15, -0.1) is 0 Å². The predicted octanol–water partition coefficient (Wildman–Crippen LogP) is 0.169. The Hall–Kier alpha value is -0.550. The molecule has 0 aliphatic heterocycles. The molecule has 3 N–H and O–H groups in total. The van der Waals surface area contributed by atoms with Crippen molar-refractivity contribution in [1.29, 1.82) is 0 Å². The van der Waals surface area contributed by atoms with Crippen LogP contribution < -0.4 is 5.73 Å². The fourth-order valence-corrected chi connectivity index (χ4v) is 1.18. The first-order valence-corrected chi connectivity index (χ1v) is 4.85. The van der Waals surface area contributed by atoms with Gasteiger partial charge in [0.1, 0.15) is 5.82 Å². The van der Waals surface area contributed by atoms with Gasteiger partial charge < -0.3 is 5.73 Å². The second-order valence-electron chi connectivity index (χ2n) is 2.17. The number of aromatic amines is 1. The topological polar surface area (TPSA) is 67.6 Å². The summed E-state index contributed by atoms with van der Waals surface area (Å²) in [5.74, 6) is 2.63. The van der Waals surface area contributed by atoms with Crippen molar-refractivity contribution in [3.8, 4) is 0 Å². The van der Waals surface area contributed by atoms with Crippen LogP contribution in [0.4, 0.5) is 0 Å². The molecule has 0 radical (unpaired) electrons. The lowest BCUT2D eigenvalue weighted by molar-refractivity contribution is 0.874. The first-order chi connectivity index (χ1) is 5.36. The van der Waals surface area contributed by atoms with Crippen molar-refractivity contribution in [3.05, 3.63) is 11.6 Å². The summed E-state index contributed by atoms with van der Waals surface area (Å²) in [6.45, 7) is 0.608. The Morgan fingerprint density at radius 2 is 2.45 bits per heavy atom. The van der Waals surface area contributed by atoms with Crippen LogP contribution in [-0.4, -0.2) is 28.0 Å². The van der Waals surface area contributed by atoms with E-state index in [1.165, 1.54) is 0 Å². The normalized spacial score (nSPS) is 10.4. The molecule has 4 nitrogen and oxygen atoms in total. The summed E-state index contributed by atoms with van der Waals surface area (Å²) in [4.78, 5) is 4.22. The highest BCUT2D eigenvalue weighted by molar-refractivity contribution is 7.97. The average Bonchev–Trinajstić information content (AvgIpc) is 2.38. The number of nitrogens with one attached hydrogen (secondary N) is 1. The zero-order valence-electron chi connectivity index (χ0n) is 6.50. The van der Waals surface area contributed by atoms with E-state index < -0.39 is 0 Å². The van der Waals surface area contributed by atoms with Crippen LogP contribution in [0, 0.1) is 0 Å². The third-order valence-electron chi connectivity index (χ3n) is 1.23. The van der Waals surface area contributed by atoms with E-state index in [1.54, 1.807) is 11.8 Å². The van der Waals surface area contributed by atoms with Crippen molar-refractivity contribution >= 4 is 11.8 Å². The fourth-order valence-electron chi connectivity index (χ4n) is 0.777. The van der Waals surface area contributed by atoms with Crippen molar-refractivity contribution in [3.63, 3.8) is 0 Å². The molecular weight excluding hydrogens is 160 g/mol. The van der Waals surface area contributed by atoms with E-state index in [4.69, 9.17) is 5.73 Å². The lowest BCUT2D eigenvalue weighted by atomic mass is 10.4. The smallest absolute Gasteiger partial charge is 0.151 e. The Balaban J connectivity index is 2.51. The Kier molecular flexibility index (Phi) is 3.38. The van der Waals surface area contributed by atoms with Crippen LogP contribution in [-0.2, 0) is 12.2 Å². The third kappa shape index (κ3) is 2.51. The standard InChI is InChI=1S/C6H12N4S/c1-11-4-6-8-5(2-3-7)9-10-6/h2-4,7H2,1H3,(H,8,9,10). The molecule has 0 aliphatic carbocycles. The molecule has 0 amide bonds. The van der Waals surface area contributed by atoms with Gasteiger partial charge in [0.05, 0.1) is 5.75 Å². The Labute approximate surface area is 70.0 Å². The zero-order chi connectivity index (χ0) is 8.10. The number of hydrogen-bond acceptors (Lipinski definition) is 4. The molecule has 5 heteroatoms. The summed E-state index contributed by atoms with van der Waals surface area (Å²) < 4.78 is 0. The number of rotatable bonds is 4. The van der Waals surface area contributed by atoms with Gasteiger partial charge in [-0.1, -0.05) is 0 Å². The molecule has 0 saturated carbocycles. The van der Waals surface area contributed by atoms with Crippen LogP contribution >= 0.6 is 11.8 Å². The maximum absolute atomic E-state index is 5.34. The molecule has 0 atom stereocenters. The summed E-state index contributed by atoms with van der Waals surface area (Å²) in [6, 6.07) is 0. The monoisotopic (exact) mass is 172 g/mol. The molecule has 0 fully saturated rings. The van der Waals surface area contributed by atoms with Gasteiger partial charge in [-0.05, 0) is 12.8 Å². The largest absolute Gasteiger partial charge is 0.330 e. The minimum atomic E-state index is 0.608.